The van der Waals surface area contributed by atoms with Gasteiger partial charge in [-0.15, -0.1) is 0 Å². The van der Waals surface area contributed by atoms with Crippen LogP contribution in [0.4, 0.5) is 0 Å². The Balaban J connectivity index is 3.45. The zero-order valence-electron chi connectivity index (χ0n) is 4.39. The van der Waals surface area contributed by atoms with Crippen molar-refractivity contribution >= 4 is 8.24 Å². The van der Waals surface area contributed by atoms with Gasteiger partial charge in [-0.2, -0.15) is 0 Å². The molecule has 0 N–H and O–H groups in total. The first-order chi connectivity index (χ1) is 2.56. The maximum absolute atomic E-state index is 8.09. The molecule has 0 aliphatic carbocycles. The second kappa shape index (κ2) is 1.51. The lowest BCUT2D eigenvalue weighted by molar-refractivity contribution is 1.34. The SMILES string of the molecule is C[Si](C)(C)N=[N]. The van der Waals surface area contributed by atoms with E-state index >= 15 is 0 Å². The number of hydrogen-bond acceptors (Lipinski definition) is 1. The Hall–Kier alpha value is -0.183. The summed E-state index contributed by atoms with van der Waals surface area (Å²) in [5.74, 6) is 0. The Kier molecular flexibility index (Phi) is 1.46. The second-order valence-electron chi connectivity index (χ2n) is 2.27. The van der Waals surface area contributed by atoms with E-state index in [0.29, 0.717) is 0 Å². The Labute approximate surface area is 39.2 Å². The first-order valence-electron chi connectivity index (χ1n) is 1.92. The zero-order valence-corrected chi connectivity index (χ0v) is 5.39. The molecule has 0 saturated carbocycles. The fourth-order valence-corrected chi connectivity index (χ4v) is 0. The minimum Gasteiger partial charge on any atom is -0.213 e. The van der Waals surface area contributed by atoms with Crippen LogP contribution in [0.25, 0.3) is 0 Å². The monoisotopic (exact) mass is 101 g/mol. The van der Waals surface area contributed by atoms with E-state index in [1.54, 1.807) is 0 Å². The molecule has 0 bridgehead atoms. The molecule has 0 aromatic heterocycles. The third-order valence-electron chi connectivity index (χ3n) is 0.300. The van der Waals surface area contributed by atoms with E-state index in [2.05, 4.69) is 4.78 Å². The minimum atomic E-state index is -1.45. The Morgan fingerprint density at radius 1 is 1.33 bits per heavy atom. The average molecular weight is 101 g/mol. The highest BCUT2D eigenvalue weighted by atomic mass is 28.3. The van der Waals surface area contributed by atoms with E-state index in [1.807, 2.05) is 19.6 Å². The van der Waals surface area contributed by atoms with Gasteiger partial charge in [0.2, 0.25) is 8.24 Å². The molecular weight excluding hydrogens is 92.1 g/mol. The van der Waals surface area contributed by atoms with Crippen LogP contribution in [-0.2, 0) is 0 Å². The van der Waals surface area contributed by atoms with Crippen LogP contribution in [0.5, 0.6) is 0 Å². The van der Waals surface area contributed by atoms with Gasteiger partial charge in [-0.1, -0.05) is 0 Å². The van der Waals surface area contributed by atoms with Gasteiger partial charge in [0.15, 0.2) is 0 Å². The number of hydrogen-bond donors (Lipinski definition) is 0. The molecular formula is C3H9N2Si. The van der Waals surface area contributed by atoms with Gasteiger partial charge >= 0.3 is 0 Å². The topological polar surface area (TPSA) is 34.7 Å². The Bertz CT molecular complexity index is 54.3. The van der Waals surface area contributed by atoms with Crippen LogP contribution in [0.2, 0.25) is 19.6 Å². The lowest BCUT2D eigenvalue weighted by Crippen LogP contribution is -2.14. The largest absolute Gasteiger partial charge is 0.213 e. The summed E-state index contributed by atoms with van der Waals surface area (Å²) in [6.07, 6.45) is 0. The molecule has 6 heavy (non-hydrogen) atoms. The molecule has 3 heteroatoms. The van der Waals surface area contributed by atoms with Crippen LogP contribution in [-0.4, -0.2) is 8.24 Å². The first-order valence-corrected chi connectivity index (χ1v) is 5.37. The molecule has 0 aromatic carbocycles. The van der Waals surface area contributed by atoms with Gasteiger partial charge in [0, 0.05) is 0 Å². The second-order valence-corrected chi connectivity index (χ2v) is 6.81. The summed E-state index contributed by atoms with van der Waals surface area (Å²) in [4.78, 5) is 0. The summed E-state index contributed by atoms with van der Waals surface area (Å²) in [6, 6.07) is 0. The Morgan fingerprint density at radius 2 is 1.50 bits per heavy atom. The van der Waals surface area contributed by atoms with E-state index in [0.717, 1.165) is 0 Å². The predicted octanol–water partition coefficient (Wildman–Crippen LogP) is 1.07. The highest BCUT2D eigenvalue weighted by Gasteiger charge is 2.09. The Morgan fingerprint density at radius 3 is 1.50 bits per heavy atom. The zero-order chi connectivity index (χ0) is 5.21. The first kappa shape index (κ1) is 5.82. The molecule has 1 radical (unpaired) electrons. The number of rotatable bonds is 1. The molecule has 35 valence electrons. The lowest BCUT2D eigenvalue weighted by atomic mass is 11.8. The van der Waals surface area contributed by atoms with Crippen LogP contribution < -0.4 is 5.53 Å². The van der Waals surface area contributed by atoms with Gasteiger partial charge in [-0.05, 0) is 25.2 Å². The van der Waals surface area contributed by atoms with E-state index in [4.69, 9.17) is 5.53 Å². The molecule has 0 aromatic rings. The predicted molar refractivity (Wildman–Crippen MR) is 27.9 cm³/mol. The molecule has 0 rings (SSSR count). The standard InChI is InChI=1S/C3H9N2Si/c1-6(2,3)5-4/h1-3H3. The van der Waals surface area contributed by atoms with Crippen LogP contribution in [0.3, 0.4) is 0 Å². The molecule has 0 saturated heterocycles. The van der Waals surface area contributed by atoms with Crippen LogP contribution in [0.1, 0.15) is 0 Å². The summed E-state index contributed by atoms with van der Waals surface area (Å²) < 4.78 is 3.16. The molecule has 0 fully saturated rings. The number of nitrogens with zero attached hydrogens (tertiary/aromatic N) is 2. The maximum Gasteiger partial charge on any atom is 0.203 e. The van der Waals surface area contributed by atoms with E-state index in [9.17, 15) is 0 Å². The highest BCUT2D eigenvalue weighted by molar-refractivity contribution is 6.74. The highest BCUT2D eigenvalue weighted by Crippen LogP contribution is 1.97. The summed E-state index contributed by atoms with van der Waals surface area (Å²) in [5.41, 5.74) is 8.09. The molecule has 0 unspecified atom stereocenters. The summed E-state index contributed by atoms with van der Waals surface area (Å²) in [5, 5.41) is 0. The molecule has 0 atom stereocenters. The third kappa shape index (κ3) is 3.82. The molecule has 0 aliphatic heterocycles. The van der Waals surface area contributed by atoms with Gasteiger partial charge in [0.25, 0.3) is 0 Å². The molecule has 0 aliphatic rings. The molecule has 2 nitrogen and oxygen atoms in total. The molecule has 0 spiro atoms. The van der Waals surface area contributed by atoms with E-state index in [-0.39, 0.29) is 0 Å². The average Bonchev–Trinajstić information content (AvgIpc) is 1.35. The van der Waals surface area contributed by atoms with Crippen LogP contribution >= 0.6 is 0 Å². The minimum absolute atomic E-state index is 1.45. The fraction of sp³-hybridized carbons (Fsp3) is 1.00. The normalized spacial score (nSPS) is 11.2. The van der Waals surface area contributed by atoms with Gasteiger partial charge in [-0.25, -0.2) is 4.78 Å². The quantitative estimate of drug-likeness (QED) is 0.350. The molecule has 0 amide bonds. The van der Waals surface area contributed by atoms with Gasteiger partial charge in [0.1, 0.15) is 0 Å². The van der Waals surface area contributed by atoms with Crippen molar-refractivity contribution in [1.29, 1.82) is 0 Å². The van der Waals surface area contributed by atoms with Gasteiger partial charge in [0.05, 0.1) is 0 Å². The fourth-order valence-electron chi connectivity index (χ4n) is 0. The van der Waals surface area contributed by atoms with Crippen molar-refractivity contribution in [3.05, 3.63) is 0 Å². The summed E-state index contributed by atoms with van der Waals surface area (Å²) in [6.45, 7) is 5.90. The van der Waals surface area contributed by atoms with Crippen LogP contribution in [0, 0.1) is 0 Å². The van der Waals surface area contributed by atoms with Crippen molar-refractivity contribution in [2.45, 2.75) is 19.6 Å². The lowest BCUT2D eigenvalue weighted by Gasteiger charge is -1.99. The van der Waals surface area contributed by atoms with Crippen LogP contribution in [0.15, 0.2) is 4.78 Å². The van der Waals surface area contributed by atoms with Crippen molar-refractivity contribution in [3.8, 4) is 0 Å². The third-order valence-corrected chi connectivity index (χ3v) is 0.900. The van der Waals surface area contributed by atoms with Crippen molar-refractivity contribution in [2.75, 3.05) is 0 Å². The maximum atomic E-state index is 8.09. The van der Waals surface area contributed by atoms with E-state index in [1.165, 1.54) is 0 Å². The summed E-state index contributed by atoms with van der Waals surface area (Å²) >= 11 is 0. The molecule has 0 heterocycles. The van der Waals surface area contributed by atoms with Crippen molar-refractivity contribution in [1.82, 2.24) is 5.53 Å². The van der Waals surface area contributed by atoms with Crippen molar-refractivity contribution in [2.24, 2.45) is 4.78 Å². The van der Waals surface area contributed by atoms with Crippen molar-refractivity contribution < 1.29 is 0 Å². The van der Waals surface area contributed by atoms with Crippen molar-refractivity contribution in [3.63, 3.8) is 0 Å². The van der Waals surface area contributed by atoms with Gasteiger partial charge < -0.3 is 0 Å². The van der Waals surface area contributed by atoms with Gasteiger partial charge in [-0.3, -0.25) is 0 Å². The summed E-state index contributed by atoms with van der Waals surface area (Å²) in [7, 11) is -1.45. The van der Waals surface area contributed by atoms with E-state index < -0.39 is 8.24 Å². The smallest absolute Gasteiger partial charge is 0.203 e.